The second kappa shape index (κ2) is 5.97. The van der Waals surface area contributed by atoms with Gasteiger partial charge in [-0.1, -0.05) is 17.7 Å². The number of ether oxygens (including phenoxy) is 1. The molecular weight excluding hydrogens is 270 g/mol. The zero-order valence-electron chi connectivity index (χ0n) is 10.1. The third-order valence-corrected chi connectivity index (χ3v) is 3.34. The lowest BCUT2D eigenvalue weighted by atomic mass is 10.1. The van der Waals surface area contributed by atoms with E-state index in [4.69, 9.17) is 16.3 Å². The van der Waals surface area contributed by atoms with E-state index in [-0.39, 0.29) is 10.7 Å². The summed E-state index contributed by atoms with van der Waals surface area (Å²) < 4.78 is 5.23. The second-order valence-electron chi connectivity index (χ2n) is 4.15. The smallest absolute Gasteiger partial charge is 0.288 e. The first-order valence-electron chi connectivity index (χ1n) is 5.78. The van der Waals surface area contributed by atoms with E-state index in [0.717, 1.165) is 0 Å². The number of hydrogen-bond donors (Lipinski definition) is 0. The van der Waals surface area contributed by atoms with Crippen molar-refractivity contribution in [1.82, 2.24) is 4.90 Å². The molecule has 1 aliphatic heterocycles. The van der Waals surface area contributed by atoms with E-state index in [1.165, 1.54) is 12.1 Å². The van der Waals surface area contributed by atoms with Gasteiger partial charge in [0, 0.05) is 19.2 Å². The number of rotatable bonds is 3. The number of morpholine rings is 1. The Kier molecular flexibility index (Phi) is 4.32. The van der Waals surface area contributed by atoms with Crippen LogP contribution in [0.25, 0.3) is 0 Å². The van der Waals surface area contributed by atoms with Crippen LogP contribution < -0.4 is 0 Å². The molecule has 0 bridgehead atoms. The highest BCUT2D eigenvalue weighted by molar-refractivity contribution is 6.32. The summed E-state index contributed by atoms with van der Waals surface area (Å²) >= 11 is 5.77. The lowest BCUT2D eigenvalue weighted by molar-refractivity contribution is -0.384. The summed E-state index contributed by atoms with van der Waals surface area (Å²) in [6.45, 7) is 2.39. The van der Waals surface area contributed by atoms with E-state index in [1.54, 1.807) is 6.07 Å². The zero-order valence-corrected chi connectivity index (χ0v) is 10.8. The van der Waals surface area contributed by atoms with Crippen molar-refractivity contribution in [3.8, 4) is 6.07 Å². The van der Waals surface area contributed by atoms with Crippen LogP contribution in [0, 0.1) is 21.4 Å². The maximum Gasteiger partial charge on any atom is 0.288 e. The fraction of sp³-hybridized carbons (Fsp3) is 0.417. The number of benzene rings is 1. The van der Waals surface area contributed by atoms with Crippen LogP contribution >= 0.6 is 11.6 Å². The highest BCUT2D eigenvalue weighted by Gasteiger charge is 2.24. The van der Waals surface area contributed by atoms with E-state index in [2.05, 4.69) is 6.07 Å². The van der Waals surface area contributed by atoms with Crippen molar-refractivity contribution in [3.63, 3.8) is 0 Å². The van der Waals surface area contributed by atoms with Gasteiger partial charge in [-0.15, -0.1) is 0 Å². The molecule has 1 aliphatic rings. The average molecular weight is 282 g/mol. The first-order chi connectivity index (χ1) is 9.13. The second-order valence-corrected chi connectivity index (χ2v) is 4.56. The topological polar surface area (TPSA) is 79.4 Å². The van der Waals surface area contributed by atoms with E-state index in [1.807, 2.05) is 4.90 Å². The number of hydrogen-bond acceptors (Lipinski definition) is 5. The standard InChI is InChI=1S/C12H12ClN3O3/c13-10-2-1-9(7-11(10)16(17)18)12(8-14)15-3-5-19-6-4-15/h1-2,7,12H,3-6H2. The Bertz CT molecular complexity index is 523. The van der Waals surface area contributed by atoms with Crippen molar-refractivity contribution in [2.24, 2.45) is 0 Å². The van der Waals surface area contributed by atoms with Gasteiger partial charge in [0.15, 0.2) is 0 Å². The molecule has 0 saturated carbocycles. The number of nitro benzene ring substituents is 1. The molecule has 0 radical (unpaired) electrons. The van der Waals surface area contributed by atoms with Gasteiger partial charge in [0.2, 0.25) is 0 Å². The van der Waals surface area contributed by atoms with Gasteiger partial charge in [0.1, 0.15) is 11.1 Å². The molecule has 0 spiro atoms. The van der Waals surface area contributed by atoms with Crippen LogP contribution in [-0.4, -0.2) is 36.1 Å². The summed E-state index contributed by atoms with van der Waals surface area (Å²) in [6.07, 6.45) is 0. The fourth-order valence-corrected chi connectivity index (χ4v) is 2.23. The molecule has 1 saturated heterocycles. The predicted molar refractivity (Wildman–Crippen MR) is 68.9 cm³/mol. The largest absolute Gasteiger partial charge is 0.379 e. The minimum absolute atomic E-state index is 0.0763. The lowest BCUT2D eigenvalue weighted by Crippen LogP contribution is -2.38. The van der Waals surface area contributed by atoms with E-state index >= 15 is 0 Å². The number of halogens is 1. The Morgan fingerprint density at radius 1 is 1.47 bits per heavy atom. The Hall–Kier alpha value is -1.68. The molecule has 0 aliphatic carbocycles. The normalized spacial score (nSPS) is 17.7. The molecule has 1 heterocycles. The van der Waals surface area contributed by atoms with Gasteiger partial charge in [-0.2, -0.15) is 5.26 Å². The maximum absolute atomic E-state index is 10.9. The van der Waals surface area contributed by atoms with Gasteiger partial charge in [0.25, 0.3) is 5.69 Å². The van der Waals surface area contributed by atoms with Gasteiger partial charge in [0.05, 0.1) is 24.2 Å². The van der Waals surface area contributed by atoms with Crippen molar-refractivity contribution in [2.75, 3.05) is 26.3 Å². The van der Waals surface area contributed by atoms with Gasteiger partial charge >= 0.3 is 0 Å². The summed E-state index contributed by atoms with van der Waals surface area (Å²) in [4.78, 5) is 12.3. The molecule has 100 valence electrons. The highest BCUT2D eigenvalue weighted by Crippen LogP contribution is 2.30. The van der Waals surface area contributed by atoms with Crippen LogP contribution in [0.1, 0.15) is 11.6 Å². The zero-order chi connectivity index (χ0) is 13.8. The summed E-state index contributed by atoms with van der Waals surface area (Å²) in [5.74, 6) is 0. The van der Waals surface area contributed by atoms with E-state index in [9.17, 15) is 15.4 Å². The van der Waals surface area contributed by atoms with Crippen LogP contribution in [-0.2, 0) is 4.74 Å². The Labute approximate surface area is 115 Å². The minimum Gasteiger partial charge on any atom is -0.379 e. The summed E-state index contributed by atoms with van der Waals surface area (Å²) in [6, 6.07) is 6.14. The molecule has 1 atom stereocenters. The van der Waals surface area contributed by atoms with Crippen molar-refractivity contribution in [2.45, 2.75) is 6.04 Å². The van der Waals surface area contributed by atoms with Gasteiger partial charge in [-0.3, -0.25) is 15.0 Å². The third kappa shape index (κ3) is 3.01. The van der Waals surface area contributed by atoms with Crippen LogP contribution in [0.2, 0.25) is 5.02 Å². The third-order valence-electron chi connectivity index (χ3n) is 3.02. The maximum atomic E-state index is 10.9. The molecule has 0 N–H and O–H groups in total. The van der Waals surface area contributed by atoms with Gasteiger partial charge in [-0.05, 0) is 11.6 Å². The Balaban J connectivity index is 2.30. The van der Waals surface area contributed by atoms with E-state index < -0.39 is 11.0 Å². The lowest BCUT2D eigenvalue weighted by Gasteiger charge is -2.30. The van der Waals surface area contributed by atoms with Crippen molar-refractivity contribution in [1.29, 1.82) is 5.26 Å². The number of nitrogens with zero attached hydrogens (tertiary/aromatic N) is 3. The summed E-state index contributed by atoms with van der Waals surface area (Å²) in [7, 11) is 0. The first-order valence-corrected chi connectivity index (χ1v) is 6.16. The molecule has 6 nitrogen and oxygen atoms in total. The highest BCUT2D eigenvalue weighted by atomic mass is 35.5. The molecule has 7 heteroatoms. The van der Waals surface area contributed by atoms with Crippen molar-refractivity contribution in [3.05, 3.63) is 38.9 Å². The number of nitro groups is 1. The van der Waals surface area contributed by atoms with Crippen molar-refractivity contribution >= 4 is 17.3 Å². The molecule has 19 heavy (non-hydrogen) atoms. The molecule has 0 aromatic heterocycles. The predicted octanol–water partition coefficient (Wildman–Crippen LogP) is 2.15. The summed E-state index contributed by atoms with van der Waals surface area (Å²) in [5, 5.41) is 20.2. The molecule has 1 aromatic carbocycles. The summed E-state index contributed by atoms with van der Waals surface area (Å²) in [5.41, 5.74) is 0.410. The quantitative estimate of drug-likeness (QED) is 0.626. The van der Waals surface area contributed by atoms with Crippen LogP contribution in [0.15, 0.2) is 18.2 Å². The number of nitriles is 1. The monoisotopic (exact) mass is 281 g/mol. The molecule has 1 aromatic rings. The van der Waals surface area contributed by atoms with Gasteiger partial charge in [-0.25, -0.2) is 0 Å². The Morgan fingerprint density at radius 3 is 2.74 bits per heavy atom. The molecule has 2 rings (SSSR count). The fourth-order valence-electron chi connectivity index (χ4n) is 2.04. The van der Waals surface area contributed by atoms with Crippen molar-refractivity contribution < 1.29 is 9.66 Å². The molecule has 1 unspecified atom stereocenters. The SMILES string of the molecule is N#CC(c1ccc(Cl)c([N+](=O)[O-])c1)N1CCOCC1. The van der Waals surface area contributed by atoms with Crippen LogP contribution in [0.3, 0.4) is 0 Å². The average Bonchev–Trinajstić information content (AvgIpc) is 2.42. The molecule has 0 amide bonds. The van der Waals surface area contributed by atoms with Crippen LogP contribution in [0.5, 0.6) is 0 Å². The minimum atomic E-state index is -0.542. The Morgan fingerprint density at radius 2 is 2.16 bits per heavy atom. The van der Waals surface area contributed by atoms with E-state index in [0.29, 0.717) is 31.9 Å². The van der Waals surface area contributed by atoms with Gasteiger partial charge < -0.3 is 4.74 Å². The van der Waals surface area contributed by atoms with Crippen LogP contribution in [0.4, 0.5) is 5.69 Å². The molecular formula is C12H12ClN3O3. The molecule has 1 fully saturated rings. The first kappa shape index (κ1) is 13.7.